The molecule has 0 radical (unpaired) electrons. The van der Waals surface area contributed by atoms with E-state index in [-0.39, 0.29) is 5.82 Å². The summed E-state index contributed by atoms with van der Waals surface area (Å²) in [4.78, 5) is 0. The van der Waals surface area contributed by atoms with Crippen LogP contribution in [0.4, 0.5) is 4.39 Å². The third kappa shape index (κ3) is 3.42. The third-order valence-electron chi connectivity index (χ3n) is 5.88. The number of pyridine rings is 1. The molecule has 6 nitrogen and oxygen atoms in total. The number of aromatic nitrogens is 3. The highest BCUT2D eigenvalue weighted by molar-refractivity contribution is 5.99. The zero-order valence-electron chi connectivity index (χ0n) is 17.9. The Labute approximate surface area is 189 Å². The fraction of sp³-hybridized carbons (Fsp3) is 0.154. The molecule has 0 bridgehead atoms. The molecule has 0 unspecified atom stereocenters. The molecule has 0 saturated heterocycles. The zero-order valence-corrected chi connectivity index (χ0v) is 17.9. The summed E-state index contributed by atoms with van der Waals surface area (Å²) in [6.07, 6.45) is 2.03. The van der Waals surface area contributed by atoms with Crippen LogP contribution < -0.4 is 14.2 Å². The summed E-state index contributed by atoms with van der Waals surface area (Å²) in [6.45, 7) is 1.49. The van der Waals surface area contributed by atoms with Gasteiger partial charge in [-0.25, -0.2) is 4.39 Å². The topological polar surface area (TPSA) is 58.4 Å². The van der Waals surface area contributed by atoms with Gasteiger partial charge in [-0.05, 0) is 48.0 Å². The molecule has 0 aliphatic carbocycles. The number of hydrogen-bond acceptors (Lipinski definition) is 5. The van der Waals surface area contributed by atoms with E-state index in [0.29, 0.717) is 31.3 Å². The molecule has 3 aliphatic rings. The first-order valence-corrected chi connectivity index (χ1v) is 10.7. The first-order valence-electron chi connectivity index (χ1n) is 10.7. The largest absolute Gasteiger partial charge is 0.497 e. The minimum absolute atomic E-state index is 0.261. The molecule has 0 amide bonds. The van der Waals surface area contributed by atoms with Crippen molar-refractivity contribution < 1.29 is 18.6 Å². The Hall–Kier alpha value is -4.13. The first kappa shape index (κ1) is 19.5. The van der Waals surface area contributed by atoms with Crippen molar-refractivity contribution in [3.63, 3.8) is 0 Å². The maximum Gasteiger partial charge on any atom is 0.163 e. The molecule has 0 saturated carbocycles. The molecule has 164 valence electrons. The van der Waals surface area contributed by atoms with E-state index in [1.807, 2.05) is 48.7 Å². The van der Waals surface area contributed by atoms with Crippen LogP contribution in [0.1, 0.15) is 5.56 Å². The predicted octanol–water partition coefficient (Wildman–Crippen LogP) is 5.17. The first-order chi connectivity index (χ1) is 16.2. The summed E-state index contributed by atoms with van der Waals surface area (Å²) in [5, 5.41) is 9.94. The SMILES string of the molecule is COc1ccc(-c2nnc3c4cc5c(cc4n(Cc4cccc(F)c4)cc2-3)OCCO5)cc1. The van der Waals surface area contributed by atoms with E-state index >= 15 is 0 Å². The zero-order chi connectivity index (χ0) is 22.4. The van der Waals surface area contributed by atoms with Crippen LogP contribution in [-0.4, -0.2) is 35.1 Å². The van der Waals surface area contributed by atoms with Crippen molar-refractivity contribution in [2.75, 3.05) is 20.3 Å². The van der Waals surface area contributed by atoms with E-state index < -0.39 is 0 Å². The monoisotopic (exact) mass is 441 g/mol. The second-order valence-corrected chi connectivity index (χ2v) is 7.94. The lowest BCUT2D eigenvalue weighted by atomic mass is 10.0. The van der Waals surface area contributed by atoms with Gasteiger partial charge in [0.05, 0.1) is 12.6 Å². The summed E-state index contributed by atoms with van der Waals surface area (Å²) in [5.41, 5.74) is 5.17. The molecule has 0 spiro atoms. The van der Waals surface area contributed by atoms with Crippen LogP contribution in [0.25, 0.3) is 33.4 Å². The summed E-state index contributed by atoms with van der Waals surface area (Å²) < 4.78 is 32.9. The van der Waals surface area contributed by atoms with Crippen molar-refractivity contribution in [2.45, 2.75) is 6.54 Å². The summed E-state index contributed by atoms with van der Waals surface area (Å²) in [5.74, 6) is 1.89. The fourth-order valence-corrected chi connectivity index (χ4v) is 4.30. The van der Waals surface area contributed by atoms with E-state index in [1.165, 1.54) is 6.07 Å². The fourth-order valence-electron chi connectivity index (χ4n) is 4.30. The van der Waals surface area contributed by atoms with Gasteiger partial charge in [-0.2, -0.15) is 0 Å². The molecule has 6 rings (SSSR count). The van der Waals surface area contributed by atoms with Crippen LogP contribution in [0.3, 0.4) is 0 Å². The van der Waals surface area contributed by atoms with Gasteiger partial charge in [0.25, 0.3) is 0 Å². The standard InChI is InChI=1S/C26H20FN3O3/c1-31-19-7-5-17(6-8-19)25-21-15-30(14-16-3-2-4-18(27)11-16)22-13-24-23(32-9-10-33-24)12-20(22)26(21)29-28-25/h2-8,11-13,15H,9-10,14H2,1H3. The average molecular weight is 441 g/mol. The van der Waals surface area contributed by atoms with Crippen molar-refractivity contribution in [3.05, 3.63) is 78.2 Å². The van der Waals surface area contributed by atoms with Gasteiger partial charge >= 0.3 is 0 Å². The highest BCUT2D eigenvalue weighted by atomic mass is 19.1. The molecular weight excluding hydrogens is 421 g/mol. The van der Waals surface area contributed by atoms with Crippen molar-refractivity contribution in [2.24, 2.45) is 0 Å². The van der Waals surface area contributed by atoms with Crippen LogP contribution in [-0.2, 0) is 6.54 Å². The molecular formula is C26H20FN3O3. The van der Waals surface area contributed by atoms with Gasteiger partial charge in [0.1, 0.15) is 36.2 Å². The van der Waals surface area contributed by atoms with Gasteiger partial charge in [0.2, 0.25) is 0 Å². The molecule has 0 fully saturated rings. The molecule has 3 heterocycles. The van der Waals surface area contributed by atoms with Crippen molar-refractivity contribution in [1.29, 1.82) is 0 Å². The number of benzene rings is 3. The second kappa shape index (κ2) is 7.78. The van der Waals surface area contributed by atoms with Gasteiger partial charge in [-0.1, -0.05) is 12.1 Å². The third-order valence-corrected chi connectivity index (χ3v) is 5.88. The second-order valence-electron chi connectivity index (χ2n) is 7.94. The number of nitrogens with zero attached hydrogens (tertiary/aromatic N) is 3. The van der Waals surface area contributed by atoms with Gasteiger partial charge in [0.15, 0.2) is 11.5 Å². The highest BCUT2D eigenvalue weighted by Gasteiger charge is 2.23. The molecule has 3 aromatic carbocycles. The minimum Gasteiger partial charge on any atom is -0.497 e. The summed E-state index contributed by atoms with van der Waals surface area (Å²) >= 11 is 0. The van der Waals surface area contributed by atoms with E-state index in [4.69, 9.17) is 14.2 Å². The lowest BCUT2D eigenvalue weighted by Gasteiger charge is -2.21. The summed E-state index contributed by atoms with van der Waals surface area (Å²) in [6, 6.07) is 18.3. The molecule has 0 aromatic heterocycles. The van der Waals surface area contributed by atoms with E-state index in [0.717, 1.165) is 44.7 Å². The molecule has 0 N–H and O–H groups in total. The van der Waals surface area contributed by atoms with E-state index in [1.54, 1.807) is 19.2 Å². The van der Waals surface area contributed by atoms with Crippen LogP contribution in [0.15, 0.2) is 66.9 Å². The van der Waals surface area contributed by atoms with Crippen molar-refractivity contribution >= 4 is 10.9 Å². The van der Waals surface area contributed by atoms with Crippen LogP contribution in [0.5, 0.6) is 17.2 Å². The molecule has 0 atom stereocenters. The molecule has 3 aromatic rings. The minimum atomic E-state index is -0.261. The Morgan fingerprint density at radius 1 is 0.939 bits per heavy atom. The van der Waals surface area contributed by atoms with Gasteiger partial charge in [-0.3, -0.25) is 0 Å². The smallest absolute Gasteiger partial charge is 0.163 e. The maximum absolute atomic E-state index is 13.9. The lowest BCUT2D eigenvalue weighted by molar-refractivity contribution is 0.172. The number of ether oxygens (including phenoxy) is 3. The van der Waals surface area contributed by atoms with Crippen molar-refractivity contribution in [3.8, 4) is 39.8 Å². The molecule has 7 heteroatoms. The quantitative estimate of drug-likeness (QED) is 0.385. The Morgan fingerprint density at radius 2 is 1.70 bits per heavy atom. The van der Waals surface area contributed by atoms with Crippen molar-refractivity contribution in [1.82, 2.24) is 14.8 Å². The highest BCUT2D eigenvalue weighted by Crippen LogP contribution is 2.42. The predicted molar refractivity (Wildman–Crippen MR) is 123 cm³/mol. The van der Waals surface area contributed by atoms with Crippen LogP contribution >= 0.6 is 0 Å². The maximum atomic E-state index is 13.9. The normalized spacial score (nSPS) is 12.9. The van der Waals surface area contributed by atoms with Gasteiger partial charge in [-0.15, -0.1) is 10.2 Å². The molecule has 33 heavy (non-hydrogen) atoms. The Balaban J connectivity index is 1.57. The van der Waals surface area contributed by atoms with Gasteiger partial charge < -0.3 is 18.8 Å². The van der Waals surface area contributed by atoms with Gasteiger partial charge in [0, 0.05) is 35.3 Å². The van der Waals surface area contributed by atoms with E-state index in [2.05, 4.69) is 14.8 Å². The molecule has 3 aliphatic heterocycles. The number of rotatable bonds is 4. The van der Waals surface area contributed by atoms with Crippen LogP contribution in [0, 0.1) is 5.82 Å². The Bertz CT molecular complexity index is 1450. The lowest BCUT2D eigenvalue weighted by Crippen LogP contribution is -2.15. The van der Waals surface area contributed by atoms with E-state index in [9.17, 15) is 4.39 Å². The Morgan fingerprint density at radius 3 is 2.45 bits per heavy atom. The average Bonchev–Trinajstić information content (AvgIpc) is 3.27. The number of hydrogen-bond donors (Lipinski definition) is 0. The van der Waals surface area contributed by atoms with Crippen LogP contribution in [0.2, 0.25) is 0 Å². The number of halogens is 1. The Kier molecular flexibility index (Phi) is 4.61. The number of fused-ring (bicyclic) bond motifs is 4. The number of methoxy groups -OCH3 is 1. The summed E-state index contributed by atoms with van der Waals surface area (Å²) in [7, 11) is 1.64.